The molecule has 0 aliphatic carbocycles. The van der Waals surface area contributed by atoms with E-state index in [0.717, 1.165) is 18.4 Å². The molecule has 4 rings (SSSR count). The summed E-state index contributed by atoms with van der Waals surface area (Å²) >= 11 is 0. The summed E-state index contributed by atoms with van der Waals surface area (Å²) in [5, 5.41) is 6.58. The predicted octanol–water partition coefficient (Wildman–Crippen LogP) is 3.69. The van der Waals surface area contributed by atoms with Crippen LogP contribution in [0.2, 0.25) is 0 Å². The van der Waals surface area contributed by atoms with E-state index in [4.69, 9.17) is 0 Å². The predicted molar refractivity (Wildman–Crippen MR) is 130 cm³/mol. The Morgan fingerprint density at radius 3 is 2.36 bits per heavy atom. The van der Waals surface area contributed by atoms with Crippen molar-refractivity contribution >= 4 is 42.4 Å². The number of rotatable bonds is 8. The van der Waals surface area contributed by atoms with Gasteiger partial charge in [0.2, 0.25) is 15.8 Å². The van der Waals surface area contributed by atoms with Crippen molar-refractivity contribution in [3.8, 4) is 11.1 Å². The highest BCUT2D eigenvalue weighted by atomic mass is 32.2. The van der Waals surface area contributed by atoms with E-state index in [2.05, 4.69) is 15.2 Å². The molecule has 0 saturated heterocycles. The molecule has 0 radical (unpaired) electrons. The Hall–Kier alpha value is -3.71. The number of pyridine rings is 1. The first kappa shape index (κ1) is 25.4. The molecule has 0 aliphatic heterocycles. The van der Waals surface area contributed by atoms with E-state index in [0.29, 0.717) is 11.1 Å². The van der Waals surface area contributed by atoms with Gasteiger partial charge in [-0.3, -0.25) is 14.6 Å². The normalized spacial score (nSPS) is 12.1. The quantitative estimate of drug-likeness (QED) is 0.329. The van der Waals surface area contributed by atoms with Gasteiger partial charge in [0.1, 0.15) is 11.5 Å². The van der Waals surface area contributed by atoms with Crippen molar-refractivity contribution in [2.45, 2.75) is 18.2 Å². The van der Waals surface area contributed by atoms with Crippen LogP contribution < -0.4 is 4.72 Å². The van der Waals surface area contributed by atoms with E-state index in [1.807, 2.05) is 4.72 Å². The summed E-state index contributed by atoms with van der Waals surface area (Å²) in [6.45, 7) is 1.63. The Kier molecular flexibility index (Phi) is 6.62. The summed E-state index contributed by atoms with van der Waals surface area (Å²) in [7, 11) is -7.28. The lowest BCUT2D eigenvalue weighted by Crippen LogP contribution is -2.18. The van der Waals surface area contributed by atoms with Crippen LogP contribution in [0.4, 0.5) is 14.5 Å². The van der Waals surface area contributed by atoms with Gasteiger partial charge in [0.15, 0.2) is 21.3 Å². The maximum absolute atomic E-state index is 15.1. The zero-order chi connectivity index (χ0) is 26.3. The van der Waals surface area contributed by atoms with Gasteiger partial charge in [-0.1, -0.05) is 19.1 Å². The molecule has 4 aromatic rings. The second-order valence-corrected chi connectivity index (χ2v) is 11.9. The van der Waals surface area contributed by atoms with Crippen molar-refractivity contribution in [2.24, 2.45) is 0 Å². The fraction of sp³-hybridized carbons (Fsp3) is 0.174. The second kappa shape index (κ2) is 9.39. The minimum atomic E-state index is -3.89. The topological polar surface area (TPSA) is 139 Å². The molecule has 0 atom stereocenters. The molecule has 0 unspecified atom stereocenters. The lowest BCUT2D eigenvalue weighted by Gasteiger charge is -2.11. The minimum absolute atomic E-state index is 0.125. The molecule has 0 amide bonds. The molecule has 0 spiro atoms. The second-order valence-electron chi connectivity index (χ2n) is 8.02. The van der Waals surface area contributed by atoms with Crippen LogP contribution >= 0.6 is 0 Å². The maximum Gasteiger partial charge on any atom is 0.232 e. The highest BCUT2D eigenvalue weighted by Gasteiger charge is 2.27. The number of benzene rings is 2. The average molecular weight is 535 g/mol. The number of fused-ring (bicyclic) bond motifs is 1. The highest BCUT2D eigenvalue weighted by molar-refractivity contribution is 7.92. The summed E-state index contributed by atoms with van der Waals surface area (Å²) in [6, 6.07) is 9.19. The SMILES string of the molecule is CCCS(=O)(=O)Nc1ccc(F)c(C(=O)c2n[nH]c3ncc(-c4ccc(S(C)(=O)=O)cc4)cc23)c1F. The third-order valence-electron chi connectivity index (χ3n) is 5.30. The van der Waals surface area contributed by atoms with Crippen LogP contribution in [0.1, 0.15) is 29.4 Å². The van der Waals surface area contributed by atoms with Gasteiger partial charge < -0.3 is 0 Å². The summed E-state index contributed by atoms with van der Waals surface area (Å²) in [4.78, 5) is 17.5. The molecule has 0 bridgehead atoms. The van der Waals surface area contributed by atoms with Gasteiger partial charge in [0.05, 0.1) is 27.3 Å². The first-order valence-corrected chi connectivity index (χ1v) is 14.1. The number of H-pyrrole nitrogens is 1. The number of hydrogen-bond acceptors (Lipinski definition) is 7. The molecular formula is C23H20F2N4O5S2. The van der Waals surface area contributed by atoms with Crippen LogP contribution in [0.5, 0.6) is 0 Å². The third-order valence-corrected chi connectivity index (χ3v) is 7.91. The molecular weight excluding hydrogens is 514 g/mol. The van der Waals surface area contributed by atoms with Crippen LogP contribution in [0, 0.1) is 11.6 Å². The zero-order valence-electron chi connectivity index (χ0n) is 19.0. The summed E-state index contributed by atoms with van der Waals surface area (Å²) in [6.07, 6.45) is 2.82. The number of halogens is 2. The lowest BCUT2D eigenvalue weighted by molar-refractivity contribution is 0.102. The minimum Gasteiger partial charge on any atom is -0.287 e. The Bertz CT molecular complexity index is 1700. The summed E-state index contributed by atoms with van der Waals surface area (Å²) in [5.41, 5.74) is -0.587. The number of nitrogens with one attached hydrogen (secondary N) is 2. The van der Waals surface area contributed by atoms with Crippen LogP contribution in [-0.4, -0.2) is 49.8 Å². The van der Waals surface area contributed by atoms with Crippen LogP contribution in [0.3, 0.4) is 0 Å². The van der Waals surface area contributed by atoms with E-state index in [1.54, 1.807) is 19.1 Å². The summed E-state index contributed by atoms with van der Waals surface area (Å²) < 4.78 is 79.3. The first-order chi connectivity index (χ1) is 16.9. The molecule has 9 nitrogen and oxygen atoms in total. The van der Waals surface area contributed by atoms with Crippen molar-refractivity contribution in [3.05, 3.63) is 71.6 Å². The Morgan fingerprint density at radius 1 is 1.03 bits per heavy atom. The van der Waals surface area contributed by atoms with Crippen molar-refractivity contribution in [3.63, 3.8) is 0 Å². The van der Waals surface area contributed by atoms with Crippen molar-refractivity contribution in [1.29, 1.82) is 0 Å². The van der Waals surface area contributed by atoms with Crippen LogP contribution in [0.25, 0.3) is 22.2 Å². The first-order valence-electron chi connectivity index (χ1n) is 10.6. The molecule has 2 heterocycles. The van der Waals surface area contributed by atoms with Gasteiger partial charge in [-0.2, -0.15) is 5.10 Å². The molecule has 188 valence electrons. The average Bonchev–Trinajstić information content (AvgIpc) is 3.24. The highest BCUT2D eigenvalue weighted by Crippen LogP contribution is 2.29. The van der Waals surface area contributed by atoms with Crippen molar-refractivity contribution < 1.29 is 30.4 Å². The van der Waals surface area contributed by atoms with E-state index in [9.17, 15) is 26.0 Å². The molecule has 13 heteroatoms. The number of sulfone groups is 1. The smallest absolute Gasteiger partial charge is 0.232 e. The number of hydrogen-bond donors (Lipinski definition) is 2. The Morgan fingerprint density at radius 2 is 1.72 bits per heavy atom. The number of anilines is 1. The number of ketones is 1. The largest absolute Gasteiger partial charge is 0.287 e. The van der Waals surface area contributed by atoms with E-state index in [1.165, 1.54) is 24.4 Å². The van der Waals surface area contributed by atoms with Gasteiger partial charge >= 0.3 is 0 Å². The van der Waals surface area contributed by atoms with Crippen LogP contribution in [0.15, 0.2) is 53.6 Å². The maximum atomic E-state index is 15.1. The van der Waals surface area contributed by atoms with Gasteiger partial charge in [-0.05, 0) is 42.3 Å². The Labute approximate surface area is 205 Å². The molecule has 2 aromatic carbocycles. The fourth-order valence-corrected chi connectivity index (χ4v) is 5.34. The van der Waals surface area contributed by atoms with E-state index >= 15 is 4.39 Å². The Balaban J connectivity index is 1.76. The van der Waals surface area contributed by atoms with Crippen molar-refractivity contribution in [2.75, 3.05) is 16.7 Å². The van der Waals surface area contributed by atoms with Crippen LogP contribution in [-0.2, 0) is 19.9 Å². The van der Waals surface area contributed by atoms with Crippen molar-refractivity contribution in [1.82, 2.24) is 15.2 Å². The number of sulfonamides is 1. The molecule has 0 fully saturated rings. The fourth-order valence-electron chi connectivity index (χ4n) is 3.57. The molecule has 2 N–H and O–H groups in total. The monoisotopic (exact) mass is 534 g/mol. The van der Waals surface area contributed by atoms with Gasteiger partial charge in [-0.25, -0.2) is 30.6 Å². The standard InChI is InChI=1S/C23H20F2N4O5S2/c1-3-10-36(33,34)29-18-9-8-17(24)19(20(18)25)22(30)21-16-11-14(12-26-23(16)28-27-21)13-4-6-15(7-5-13)35(2,31)32/h4-9,11-12,29H,3,10H2,1-2H3,(H,26,27,28). The molecule has 2 aromatic heterocycles. The molecule has 0 saturated carbocycles. The van der Waals surface area contributed by atoms with Gasteiger partial charge in [-0.15, -0.1) is 0 Å². The van der Waals surface area contributed by atoms with E-state index in [-0.39, 0.29) is 33.8 Å². The number of carbonyl (C=O) groups excluding carboxylic acids is 1. The molecule has 36 heavy (non-hydrogen) atoms. The zero-order valence-corrected chi connectivity index (χ0v) is 20.7. The van der Waals surface area contributed by atoms with Gasteiger partial charge in [0.25, 0.3) is 0 Å². The van der Waals surface area contributed by atoms with Gasteiger partial charge in [0, 0.05) is 18.0 Å². The van der Waals surface area contributed by atoms with E-state index < -0.39 is 48.5 Å². The lowest BCUT2D eigenvalue weighted by atomic mass is 10.0. The summed E-state index contributed by atoms with van der Waals surface area (Å²) in [5.74, 6) is -3.94. The number of nitrogens with zero attached hydrogens (tertiary/aromatic N) is 2. The molecule has 0 aliphatic rings. The number of carbonyl (C=O) groups is 1. The third kappa shape index (κ3) is 4.97. The number of aromatic nitrogens is 3. The number of aromatic amines is 1.